The SMILES string of the molecule is CC(=O)Oc1ccc(OC(C)=O)c2c1CC1=C(C2)C(C)(C)CCC1. The van der Waals surface area contributed by atoms with Crippen LogP contribution in [0.15, 0.2) is 23.3 Å². The van der Waals surface area contributed by atoms with Gasteiger partial charge in [-0.3, -0.25) is 9.59 Å². The molecule has 0 N–H and O–H groups in total. The molecule has 0 saturated carbocycles. The van der Waals surface area contributed by atoms with Crippen molar-refractivity contribution < 1.29 is 19.1 Å². The van der Waals surface area contributed by atoms with E-state index in [9.17, 15) is 9.59 Å². The molecule has 2 aliphatic carbocycles. The van der Waals surface area contributed by atoms with Crippen molar-refractivity contribution in [2.45, 2.75) is 59.8 Å². The molecule has 0 spiro atoms. The van der Waals surface area contributed by atoms with E-state index in [2.05, 4.69) is 13.8 Å². The minimum Gasteiger partial charge on any atom is -0.426 e. The van der Waals surface area contributed by atoms with E-state index in [0.29, 0.717) is 11.5 Å². The molecule has 0 amide bonds. The Morgan fingerprint density at radius 3 is 2.04 bits per heavy atom. The Morgan fingerprint density at radius 2 is 1.50 bits per heavy atom. The molecule has 0 radical (unpaired) electrons. The van der Waals surface area contributed by atoms with E-state index in [1.54, 1.807) is 12.1 Å². The summed E-state index contributed by atoms with van der Waals surface area (Å²) in [6.07, 6.45) is 4.98. The Morgan fingerprint density at radius 1 is 0.958 bits per heavy atom. The van der Waals surface area contributed by atoms with Crippen LogP contribution in [0.3, 0.4) is 0 Å². The van der Waals surface area contributed by atoms with E-state index in [1.165, 1.54) is 37.8 Å². The molecule has 0 unspecified atom stereocenters. The van der Waals surface area contributed by atoms with Crippen LogP contribution in [0, 0.1) is 5.41 Å². The zero-order valence-electron chi connectivity index (χ0n) is 14.8. The molecule has 1 aromatic carbocycles. The van der Waals surface area contributed by atoms with Crippen LogP contribution in [0.5, 0.6) is 11.5 Å². The maximum absolute atomic E-state index is 11.5. The highest BCUT2D eigenvalue weighted by Gasteiger charge is 2.35. The summed E-state index contributed by atoms with van der Waals surface area (Å²) in [5.41, 5.74) is 5.04. The van der Waals surface area contributed by atoms with Gasteiger partial charge in [0, 0.05) is 25.0 Å². The van der Waals surface area contributed by atoms with E-state index in [-0.39, 0.29) is 17.4 Å². The molecule has 0 atom stereocenters. The van der Waals surface area contributed by atoms with Gasteiger partial charge in [0.1, 0.15) is 11.5 Å². The van der Waals surface area contributed by atoms with Crippen molar-refractivity contribution >= 4 is 11.9 Å². The molecule has 0 heterocycles. The zero-order valence-corrected chi connectivity index (χ0v) is 14.8. The number of hydrogen-bond donors (Lipinski definition) is 0. The normalized spacial score (nSPS) is 18.5. The Balaban J connectivity index is 2.09. The first-order chi connectivity index (χ1) is 11.3. The molecular weight excluding hydrogens is 304 g/mol. The number of benzene rings is 1. The van der Waals surface area contributed by atoms with E-state index in [4.69, 9.17) is 9.47 Å². The van der Waals surface area contributed by atoms with Gasteiger partial charge in [0.15, 0.2) is 0 Å². The molecule has 1 aromatic rings. The number of ether oxygens (including phenoxy) is 2. The van der Waals surface area contributed by atoms with Crippen molar-refractivity contribution in [3.8, 4) is 11.5 Å². The summed E-state index contributed by atoms with van der Waals surface area (Å²) in [5.74, 6) is 0.506. The van der Waals surface area contributed by atoms with Crippen LogP contribution in [0.1, 0.15) is 58.1 Å². The summed E-state index contributed by atoms with van der Waals surface area (Å²) in [7, 11) is 0. The fraction of sp³-hybridized carbons (Fsp3) is 0.500. The fourth-order valence-corrected chi connectivity index (χ4v) is 4.01. The number of fused-ring (bicyclic) bond motifs is 1. The van der Waals surface area contributed by atoms with Crippen LogP contribution >= 0.6 is 0 Å². The van der Waals surface area contributed by atoms with Crippen molar-refractivity contribution in [2.24, 2.45) is 5.41 Å². The highest BCUT2D eigenvalue weighted by Crippen LogP contribution is 2.48. The molecular formula is C20H24O4. The lowest BCUT2D eigenvalue weighted by molar-refractivity contribution is -0.133. The van der Waals surface area contributed by atoms with Gasteiger partial charge in [-0.05, 0) is 49.7 Å². The first-order valence-electron chi connectivity index (χ1n) is 8.51. The Bertz CT molecular complexity index is 740. The summed E-state index contributed by atoms with van der Waals surface area (Å²) in [6, 6.07) is 3.47. The molecule has 4 heteroatoms. The highest BCUT2D eigenvalue weighted by molar-refractivity contribution is 5.73. The lowest BCUT2D eigenvalue weighted by Gasteiger charge is -2.39. The topological polar surface area (TPSA) is 52.6 Å². The van der Waals surface area contributed by atoms with Gasteiger partial charge in [0.05, 0.1) is 0 Å². The van der Waals surface area contributed by atoms with Crippen molar-refractivity contribution in [1.82, 2.24) is 0 Å². The zero-order chi connectivity index (χ0) is 17.5. The van der Waals surface area contributed by atoms with Gasteiger partial charge in [-0.15, -0.1) is 0 Å². The van der Waals surface area contributed by atoms with Gasteiger partial charge in [-0.25, -0.2) is 0 Å². The number of hydrogen-bond acceptors (Lipinski definition) is 4. The number of esters is 2. The molecule has 3 rings (SSSR count). The van der Waals surface area contributed by atoms with E-state index in [0.717, 1.165) is 30.4 Å². The summed E-state index contributed by atoms with van der Waals surface area (Å²) in [4.78, 5) is 22.9. The van der Waals surface area contributed by atoms with Crippen molar-refractivity contribution in [2.75, 3.05) is 0 Å². The van der Waals surface area contributed by atoms with Gasteiger partial charge in [-0.1, -0.05) is 25.0 Å². The van der Waals surface area contributed by atoms with E-state index >= 15 is 0 Å². The van der Waals surface area contributed by atoms with Crippen LogP contribution in [0.4, 0.5) is 0 Å². The molecule has 0 bridgehead atoms. The highest BCUT2D eigenvalue weighted by atomic mass is 16.5. The second kappa shape index (κ2) is 6.08. The summed E-state index contributed by atoms with van der Waals surface area (Å²) >= 11 is 0. The molecule has 0 fully saturated rings. The van der Waals surface area contributed by atoms with Gasteiger partial charge in [0.25, 0.3) is 0 Å². The molecule has 24 heavy (non-hydrogen) atoms. The summed E-state index contributed by atoms with van der Waals surface area (Å²) in [6.45, 7) is 7.38. The fourth-order valence-electron chi connectivity index (χ4n) is 4.01. The van der Waals surface area contributed by atoms with Crippen LogP contribution in [0.2, 0.25) is 0 Å². The second-order valence-corrected chi connectivity index (χ2v) is 7.38. The van der Waals surface area contributed by atoms with Crippen LogP contribution in [0.25, 0.3) is 0 Å². The largest absolute Gasteiger partial charge is 0.426 e. The van der Waals surface area contributed by atoms with E-state index in [1.807, 2.05) is 0 Å². The Kier molecular flexibility index (Phi) is 4.24. The number of rotatable bonds is 2. The Labute approximate surface area is 142 Å². The third-order valence-corrected chi connectivity index (χ3v) is 5.12. The first kappa shape index (κ1) is 16.7. The minimum absolute atomic E-state index is 0.163. The van der Waals surface area contributed by atoms with Gasteiger partial charge in [0.2, 0.25) is 0 Å². The number of carbonyl (C=O) groups excluding carboxylic acids is 2. The van der Waals surface area contributed by atoms with E-state index < -0.39 is 0 Å². The number of carbonyl (C=O) groups is 2. The van der Waals surface area contributed by atoms with Crippen molar-refractivity contribution in [3.63, 3.8) is 0 Å². The third kappa shape index (κ3) is 3.10. The molecule has 0 saturated heterocycles. The average molecular weight is 328 g/mol. The summed E-state index contributed by atoms with van der Waals surface area (Å²) < 4.78 is 10.8. The predicted octanol–water partition coefficient (Wildman–Crippen LogP) is 4.14. The molecule has 0 aliphatic heterocycles. The predicted molar refractivity (Wildman–Crippen MR) is 91.1 cm³/mol. The summed E-state index contributed by atoms with van der Waals surface area (Å²) in [5, 5.41) is 0. The first-order valence-corrected chi connectivity index (χ1v) is 8.51. The maximum atomic E-state index is 11.5. The standard InChI is InChI=1S/C20H24O4/c1-12(21)23-18-7-8-19(24-13(2)22)16-11-17-14(10-15(16)18)6-5-9-20(17,3)4/h7-8H,5-6,9-11H2,1-4H3. The van der Waals surface area contributed by atoms with Gasteiger partial charge < -0.3 is 9.47 Å². The smallest absolute Gasteiger partial charge is 0.308 e. The van der Waals surface area contributed by atoms with Gasteiger partial charge >= 0.3 is 11.9 Å². The Hall–Kier alpha value is -2.10. The monoisotopic (exact) mass is 328 g/mol. The van der Waals surface area contributed by atoms with Crippen molar-refractivity contribution in [3.05, 3.63) is 34.4 Å². The average Bonchev–Trinajstić information content (AvgIpc) is 2.47. The molecule has 128 valence electrons. The molecule has 2 aliphatic rings. The maximum Gasteiger partial charge on any atom is 0.308 e. The number of allylic oxidation sites excluding steroid dienone is 2. The van der Waals surface area contributed by atoms with Crippen LogP contribution in [-0.4, -0.2) is 11.9 Å². The minimum atomic E-state index is -0.333. The lowest BCUT2D eigenvalue weighted by Crippen LogP contribution is -2.27. The molecule has 0 aromatic heterocycles. The van der Waals surface area contributed by atoms with Gasteiger partial charge in [-0.2, -0.15) is 0 Å². The quantitative estimate of drug-likeness (QED) is 0.465. The second-order valence-electron chi connectivity index (χ2n) is 7.38. The molecule has 4 nitrogen and oxygen atoms in total. The third-order valence-electron chi connectivity index (χ3n) is 5.12. The van der Waals surface area contributed by atoms with Crippen molar-refractivity contribution in [1.29, 1.82) is 0 Å². The van der Waals surface area contributed by atoms with Crippen LogP contribution in [-0.2, 0) is 22.4 Å². The van der Waals surface area contributed by atoms with Crippen LogP contribution < -0.4 is 9.47 Å². The lowest BCUT2D eigenvalue weighted by atomic mass is 9.66.